The van der Waals surface area contributed by atoms with Crippen molar-refractivity contribution in [1.29, 1.82) is 5.41 Å². The Morgan fingerprint density at radius 1 is 1.24 bits per heavy atom. The van der Waals surface area contributed by atoms with Gasteiger partial charge in [0.2, 0.25) is 5.91 Å². The predicted octanol–water partition coefficient (Wildman–Crippen LogP) is 2.32. The number of rotatable bonds is 4. The lowest BCUT2D eigenvalue weighted by molar-refractivity contribution is -0.128. The van der Waals surface area contributed by atoms with Crippen LogP contribution in [0.4, 0.5) is 5.69 Å². The monoisotopic (exact) mass is 450 g/mol. The lowest BCUT2D eigenvalue weighted by Crippen LogP contribution is -2.50. The third-order valence-electron chi connectivity index (χ3n) is 7.27. The molecular formula is C25H34N6O2. The molecule has 2 N–H and O–H groups in total. The summed E-state index contributed by atoms with van der Waals surface area (Å²) in [5.74, 6) is 0.908. The predicted molar refractivity (Wildman–Crippen MR) is 130 cm³/mol. The Hall–Kier alpha value is -2.87. The first-order valence-electron chi connectivity index (χ1n) is 12.0. The van der Waals surface area contributed by atoms with Gasteiger partial charge < -0.3 is 19.9 Å². The van der Waals surface area contributed by atoms with E-state index in [4.69, 9.17) is 4.74 Å². The zero-order valence-corrected chi connectivity index (χ0v) is 19.9. The summed E-state index contributed by atoms with van der Waals surface area (Å²) in [7, 11) is 2.02. The van der Waals surface area contributed by atoms with Gasteiger partial charge in [-0.3, -0.25) is 15.2 Å². The van der Waals surface area contributed by atoms with E-state index >= 15 is 0 Å². The third-order valence-corrected chi connectivity index (χ3v) is 7.27. The number of ether oxygens (including phenoxy) is 1. The summed E-state index contributed by atoms with van der Waals surface area (Å²) >= 11 is 0. The standard InChI is InChI=1S/C25H34N6O2/c1-16-21(12-29(3)28-16)18-6-7-24-19(11-18)5-4-9-31(24)25(26)22-13-30(17(2)32)10-8-23(22)27-20-14-33-15-20/h6-7,11,20-21,26-27H,4-5,8-10,12-15H2,1-3H3. The number of fused-ring (bicyclic) bond motifs is 1. The second-order valence-corrected chi connectivity index (χ2v) is 9.65. The van der Waals surface area contributed by atoms with E-state index in [1.807, 2.05) is 17.0 Å². The van der Waals surface area contributed by atoms with E-state index in [0.29, 0.717) is 44.1 Å². The number of hydrogen-bond donors (Lipinski definition) is 2. The molecule has 1 aromatic rings. The molecule has 4 heterocycles. The fraction of sp³-hybridized carbons (Fsp3) is 0.560. The molecule has 0 bridgehead atoms. The molecule has 5 rings (SSSR count). The molecule has 0 radical (unpaired) electrons. The molecule has 4 aliphatic heterocycles. The first-order valence-corrected chi connectivity index (χ1v) is 12.0. The van der Waals surface area contributed by atoms with Crippen molar-refractivity contribution in [3.05, 3.63) is 40.6 Å². The van der Waals surface area contributed by atoms with Crippen LogP contribution in [0.5, 0.6) is 0 Å². The number of carbonyl (C=O) groups excluding carboxylic acids is 1. The Balaban J connectivity index is 1.43. The minimum atomic E-state index is 0.0635. The second kappa shape index (κ2) is 8.82. The van der Waals surface area contributed by atoms with E-state index in [0.717, 1.165) is 55.0 Å². The number of carbonyl (C=O) groups is 1. The molecule has 1 aromatic carbocycles. The zero-order valence-electron chi connectivity index (χ0n) is 19.9. The van der Waals surface area contributed by atoms with E-state index in [-0.39, 0.29) is 5.91 Å². The minimum Gasteiger partial charge on any atom is -0.381 e. The number of amides is 1. The highest BCUT2D eigenvalue weighted by Gasteiger charge is 2.31. The molecule has 0 aliphatic carbocycles. The van der Waals surface area contributed by atoms with Crippen molar-refractivity contribution in [2.45, 2.75) is 45.1 Å². The van der Waals surface area contributed by atoms with Crippen LogP contribution in [-0.4, -0.2) is 79.8 Å². The number of benzene rings is 1. The van der Waals surface area contributed by atoms with Crippen molar-refractivity contribution in [3.63, 3.8) is 0 Å². The van der Waals surface area contributed by atoms with E-state index in [1.54, 1.807) is 6.92 Å². The van der Waals surface area contributed by atoms with E-state index < -0.39 is 0 Å². The minimum absolute atomic E-state index is 0.0635. The lowest BCUT2D eigenvalue weighted by Gasteiger charge is -2.38. The van der Waals surface area contributed by atoms with E-state index in [9.17, 15) is 10.2 Å². The molecule has 0 saturated carbocycles. The van der Waals surface area contributed by atoms with Crippen LogP contribution in [0.25, 0.3) is 0 Å². The highest BCUT2D eigenvalue weighted by Crippen LogP contribution is 2.34. The number of anilines is 1. The van der Waals surface area contributed by atoms with Crippen molar-refractivity contribution in [2.75, 3.05) is 51.3 Å². The summed E-state index contributed by atoms with van der Waals surface area (Å²) in [6, 6.07) is 7.01. The number of amidine groups is 1. The van der Waals surface area contributed by atoms with Gasteiger partial charge in [-0.1, -0.05) is 12.1 Å². The fourth-order valence-corrected chi connectivity index (χ4v) is 5.33. The van der Waals surface area contributed by atoms with Gasteiger partial charge in [-0.15, -0.1) is 0 Å². The molecule has 1 fully saturated rings. The first kappa shape index (κ1) is 21.9. The van der Waals surface area contributed by atoms with Gasteiger partial charge >= 0.3 is 0 Å². The molecule has 176 valence electrons. The number of likely N-dealkylation sites (N-methyl/N-ethyl adjacent to an activating group) is 1. The third kappa shape index (κ3) is 4.24. The SMILES string of the molecule is CC(=O)N1CCC(NC2COC2)=C(C(=N)N2CCCc3cc(C4CN(C)N=C4C)ccc32)C1. The quantitative estimate of drug-likeness (QED) is 0.543. The van der Waals surface area contributed by atoms with Crippen LogP contribution in [0.1, 0.15) is 43.7 Å². The van der Waals surface area contributed by atoms with Crippen molar-refractivity contribution < 1.29 is 9.53 Å². The second-order valence-electron chi connectivity index (χ2n) is 9.65. The van der Waals surface area contributed by atoms with Crippen LogP contribution in [0, 0.1) is 5.41 Å². The normalized spacial score (nSPS) is 23.3. The molecule has 1 unspecified atom stereocenters. The van der Waals surface area contributed by atoms with Crippen LogP contribution in [0.2, 0.25) is 0 Å². The smallest absolute Gasteiger partial charge is 0.219 e. The Morgan fingerprint density at radius 3 is 2.73 bits per heavy atom. The maximum atomic E-state index is 12.1. The molecule has 1 amide bonds. The summed E-state index contributed by atoms with van der Waals surface area (Å²) in [5, 5.41) is 19.4. The van der Waals surface area contributed by atoms with Gasteiger partial charge in [-0.2, -0.15) is 5.10 Å². The van der Waals surface area contributed by atoms with Crippen LogP contribution >= 0.6 is 0 Å². The van der Waals surface area contributed by atoms with Gasteiger partial charge in [0.25, 0.3) is 0 Å². The zero-order chi connectivity index (χ0) is 23.1. The van der Waals surface area contributed by atoms with Crippen molar-refractivity contribution in [2.24, 2.45) is 5.10 Å². The maximum Gasteiger partial charge on any atom is 0.219 e. The summed E-state index contributed by atoms with van der Waals surface area (Å²) in [6.07, 6.45) is 2.79. The van der Waals surface area contributed by atoms with Crippen molar-refractivity contribution >= 4 is 23.1 Å². The van der Waals surface area contributed by atoms with Gasteiger partial charge in [0.05, 0.1) is 25.8 Å². The highest BCUT2D eigenvalue weighted by molar-refractivity contribution is 6.09. The van der Waals surface area contributed by atoms with Gasteiger partial charge in [0.1, 0.15) is 5.84 Å². The van der Waals surface area contributed by atoms with Crippen molar-refractivity contribution in [3.8, 4) is 0 Å². The number of hydrogen-bond acceptors (Lipinski definition) is 6. The Morgan fingerprint density at radius 2 is 2.06 bits per heavy atom. The lowest BCUT2D eigenvalue weighted by atomic mass is 9.90. The molecule has 0 spiro atoms. The summed E-state index contributed by atoms with van der Waals surface area (Å²) in [4.78, 5) is 16.1. The average molecular weight is 451 g/mol. The van der Waals surface area contributed by atoms with E-state index in [1.165, 1.54) is 11.1 Å². The molecule has 8 heteroatoms. The molecule has 8 nitrogen and oxygen atoms in total. The van der Waals surface area contributed by atoms with Crippen LogP contribution < -0.4 is 10.2 Å². The van der Waals surface area contributed by atoms with Gasteiger partial charge in [-0.05, 0) is 37.0 Å². The van der Waals surface area contributed by atoms with Crippen LogP contribution in [-0.2, 0) is 16.0 Å². The highest BCUT2D eigenvalue weighted by atomic mass is 16.5. The summed E-state index contributed by atoms with van der Waals surface area (Å²) in [5.41, 5.74) is 6.91. The molecule has 0 aromatic heterocycles. The summed E-state index contributed by atoms with van der Waals surface area (Å²) < 4.78 is 5.34. The largest absolute Gasteiger partial charge is 0.381 e. The van der Waals surface area contributed by atoms with Crippen LogP contribution in [0.3, 0.4) is 0 Å². The van der Waals surface area contributed by atoms with Crippen LogP contribution in [0.15, 0.2) is 34.6 Å². The molecule has 4 aliphatic rings. The summed E-state index contributed by atoms with van der Waals surface area (Å²) in [6.45, 7) is 8.04. The molecule has 33 heavy (non-hydrogen) atoms. The topological polar surface area (TPSA) is 84.3 Å². The molecule has 1 saturated heterocycles. The number of nitrogens with one attached hydrogen (secondary N) is 2. The van der Waals surface area contributed by atoms with Gasteiger partial charge in [0.15, 0.2) is 0 Å². The number of nitrogens with zero attached hydrogens (tertiary/aromatic N) is 4. The van der Waals surface area contributed by atoms with E-state index in [2.05, 4.69) is 40.4 Å². The number of aryl methyl sites for hydroxylation is 1. The fourth-order valence-electron chi connectivity index (χ4n) is 5.33. The first-order chi connectivity index (χ1) is 15.9. The average Bonchev–Trinajstić information content (AvgIpc) is 3.12. The van der Waals surface area contributed by atoms with Gasteiger partial charge in [-0.25, -0.2) is 0 Å². The Kier molecular flexibility index (Phi) is 5.86. The molecule has 1 atom stereocenters. The van der Waals surface area contributed by atoms with Crippen molar-refractivity contribution in [1.82, 2.24) is 15.2 Å². The number of hydrazone groups is 1. The van der Waals surface area contributed by atoms with Gasteiger partial charge in [0, 0.05) is 68.6 Å². The molecular weight excluding hydrogens is 416 g/mol. The maximum absolute atomic E-state index is 12.1. The Labute approximate surface area is 195 Å². The Bertz CT molecular complexity index is 1030.